The Morgan fingerprint density at radius 1 is 1.06 bits per heavy atom. The molecule has 1 saturated heterocycles. The van der Waals surface area contributed by atoms with E-state index in [2.05, 4.69) is 25.9 Å². The van der Waals surface area contributed by atoms with Crippen LogP contribution in [0.4, 0.5) is 0 Å². The van der Waals surface area contributed by atoms with E-state index in [0.717, 1.165) is 66.8 Å². The molecular formula is C25H28N4O4. The van der Waals surface area contributed by atoms with E-state index in [1.54, 1.807) is 7.11 Å². The third kappa shape index (κ3) is 4.86. The highest BCUT2D eigenvalue weighted by Crippen LogP contribution is 2.36. The SMILES string of the molecule is COc1cc2c(Oc3ccc4cc(C)[nH]c4c3)ncnc2cc1OCCCN1CCOCC1. The monoisotopic (exact) mass is 448 g/mol. The summed E-state index contributed by atoms with van der Waals surface area (Å²) in [6.07, 6.45) is 2.43. The Hall–Kier alpha value is -3.36. The van der Waals surface area contributed by atoms with Gasteiger partial charge in [0.25, 0.3) is 0 Å². The number of aryl methyl sites for hydroxylation is 1. The molecule has 3 heterocycles. The number of aromatic nitrogens is 3. The summed E-state index contributed by atoms with van der Waals surface area (Å²) < 4.78 is 23.2. The minimum atomic E-state index is 0.472. The number of fused-ring (bicyclic) bond motifs is 2. The molecule has 33 heavy (non-hydrogen) atoms. The fourth-order valence-electron chi connectivity index (χ4n) is 4.12. The fourth-order valence-corrected chi connectivity index (χ4v) is 4.12. The van der Waals surface area contributed by atoms with Crippen LogP contribution in [0.3, 0.4) is 0 Å². The molecule has 0 radical (unpaired) electrons. The first kappa shape index (κ1) is 21.5. The lowest BCUT2D eigenvalue weighted by molar-refractivity contribution is 0.0357. The third-order valence-corrected chi connectivity index (χ3v) is 5.81. The van der Waals surface area contributed by atoms with Gasteiger partial charge in [0.15, 0.2) is 11.5 Å². The highest BCUT2D eigenvalue weighted by Gasteiger charge is 2.14. The minimum Gasteiger partial charge on any atom is -0.493 e. The van der Waals surface area contributed by atoms with Crippen LogP contribution in [0.1, 0.15) is 12.1 Å². The summed E-state index contributed by atoms with van der Waals surface area (Å²) in [5, 5.41) is 1.90. The van der Waals surface area contributed by atoms with Crippen molar-refractivity contribution in [1.29, 1.82) is 0 Å². The molecule has 1 fully saturated rings. The summed E-state index contributed by atoms with van der Waals surface area (Å²) in [6, 6.07) is 11.8. The molecule has 4 aromatic rings. The van der Waals surface area contributed by atoms with Gasteiger partial charge in [0, 0.05) is 43.0 Å². The van der Waals surface area contributed by atoms with Crippen molar-refractivity contribution in [2.75, 3.05) is 46.6 Å². The summed E-state index contributed by atoms with van der Waals surface area (Å²) in [4.78, 5) is 14.5. The zero-order chi connectivity index (χ0) is 22.6. The van der Waals surface area contributed by atoms with Gasteiger partial charge in [0.05, 0.1) is 37.8 Å². The van der Waals surface area contributed by atoms with Crippen LogP contribution < -0.4 is 14.2 Å². The Bertz CT molecular complexity index is 1250. The van der Waals surface area contributed by atoms with E-state index in [1.165, 1.54) is 6.33 Å². The van der Waals surface area contributed by atoms with E-state index in [4.69, 9.17) is 18.9 Å². The van der Waals surface area contributed by atoms with Crippen molar-refractivity contribution >= 4 is 21.8 Å². The minimum absolute atomic E-state index is 0.472. The second-order valence-corrected chi connectivity index (χ2v) is 8.16. The number of morpholine rings is 1. The molecule has 8 heteroatoms. The van der Waals surface area contributed by atoms with Crippen molar-refractivity contribution in [2.24, 2.45) is 0 Å². The van der Waals surface area contributed by atoms with Crippen molar-refractivity contribution in [1.82, 2.24) is 19.9 Å². The first-order valence-electron chi connectivity index (χ1n) is 11.2. The first-order valence-corrected chi connectivity index (χ1v) is 11.2. The van der Waals surface area contributed by atoms with E-state index in [-0.39, 0.29) is 0 Å². The number of H-pyrrole nitrogens is 1. The average molecular weight is 449 g/mol. The van der Waals surface area contributed by atoms with Crippen molar-refractivity contribution in [2.45, 2.75) is 13.3 Å². The molecule has 1 aliphatic rings. The lowest BCUT2D eigenvalue weighted by Crippen LogP contribution is -2.37. The van der Waals surface area contributed by atoms with E-state index in [1.807, 2.05) is 37.3 Å². The fraction of sp³-hybridized carbons (Fsp3) is 0.360. The quantitative estimate of drug-likeness (QED) is 0.402. The van der Waals surface area contributed by atoms with Gasteiger partial charge in [-0.05, 0) is 43.0 Å². The molecule has 2 aromatic carbocycles. The first-order chi connectivity index (χ1) is 16.2. The molecule has 0 atom stereocenters. The molecule has 172 valence electrons. The van der Waals surface area contributed by atoms with Crippen molar-refractivity contribution < 1.29 is 18.9 Å². The summed E-state index contributed by atoms with van der Waals surface area (Å²) in [7, 11) is 1.63. The Balaban J connectivity index is 1.32. The molecule has 0 unspecified atom stereocenters. The number of hydrogen-bond acceptors (Lipinski definition) is 7. The number of nitrogens with zero attached hydrogens (tertiary/aromatic N) is 3. The largest absolute Gasteiger partial charge is 0.493 e. The number of nitrogens with one attached hydrogen (secondary N) is 1. The van der Waals surface area contributed by atoms with Gasteiger partial charge in [0.1, 0.15) is 12.1 Å². The smallest absolute Gasteiger partial charge is 0.230 e. The Morgan fingerprint density at radius 2 is 1.94 bits per heavy atom. The van der Waals surface area contributed by atoms with Crippen molar-refractivity contribution in [3.63, 3.8) is 0 Å². The van der Waals surface area contributed by atoms with Crippen LogP contribution in [-0.4, -0.2) is 66.4 Å². The lowest BCUT2D eigenvalue weighted by atomic mass is 10.2. The van der Waals surface area contributed by atoms with Gasteiger partial charge in [-0.1, -0.05) is 0 Å². The Kier molecular flexibility index (Phi) is 6.28. The predicted molar refractivity (Wildman–Crippen MR) is 127 cm³/mol. The number of aromatic amines is 1. The normalized spacial score (nSPS) is 14.6. The molecule has 0 bridgehead atoms. The van der Waals surface area contributed by atoms with Gasteiger partial charge in [0.2, 0.25) is 5.88 Å². The number of ether oxygens (including phenoxy) is 4. The maximum absolute atomic E-state index is 6.13. The third-order valence-electron chi connectivity index (χ3n) is 5.81. The van der Waals surface area contributed by atoms with Crippen molar-refractivity contribution in [3.05, 3.63) is 48.4 Å². The molecule has 1 aliphatic heterocycles. The molecule has 0 amide bonds. The van der Waals surface area contributed by atoms with Crippen LogP contribution in [0.2, 0.25) is 0 Å². The molecule has 1 N–H and O–H groups in total. The lowest BCUT2D eigenvalue weighted by Gasteiger charge is -2.26. The number of hydrogen-bond donors (Lipinski definition) is 1. The van der Waals surface area contributed by atoms with Gasteiger partial charge in [-0.15, -0.1) is 0 Å². The summed E-state index contributed by atoms with van der Waals surface area (Å²) in [6.45, 7) is 7.20. The topological polar surface area (TPSA) is 81.7 Å². The highest BCUT2D eigenvalue weighted by atomic mass is 16.5. The zero-order valence-corrected chi connectivity index (χ0v) is 19.0. The van der Waals surface area contributed by atoms with Gasteiger partial charge in [-0.25, -0.2) is 9.97 Å². The van der Waals surface area contributed by atoms with Crippen LogP contribution >= 0.6 is 0 Å². The van der Waals surface area contributed by atoms with Crippen LogP contribution in [-0.2, 0) is 4.74 Å². The number of rotatable bonds is 8. The standard InChI is InChI=1S/C25H28N4O4/c1-17-12-18-4-5-19(13-21(18)28-17)33-25-20-14-23(30-2)24(15-22(20)26-16-27-25)32-9-3-6-29-7-10-31-11-8-29/h4-5,12-16,28H,3,6-11H2,1-2H3. The molecule has 0 spiro atoms. The van der Waals surface area contributed by atoms with E-state index in [0.29, 0.717) is 29.7 Å². The van der Waals surface area contributed by atoms with Crippen LogP contribution in [0.25, 0.3) is 21.8 Å². The van der Waals surface area contributed by atoms with Crippen LogP contribution in [0, 0.1) is 6.92 Å². The Labute approximate surface area is 192 Å². The predicted octanol–water partition coefficient (Wildman–Crippen LogP) is 4.32. The summed E-state index contributed by atoms with van der Waals surface area (Å²) >= 11 is 0. The van der Waals surface area contributed by atoms with Crippen LogP contribution in [0.15, 0.2) is 42.7 Å². The average Bonchev–Trinajstić information content (AvgIpc) is 3.21. The van der Waals surface area contributed by atoms with E-state index >= 15 is 0 Å². The number of methoxy groups -OCH3 is 1. The molecule has 0 saturated carbocycles. The maximum Gasteiger partial charge on any atom is 0.230 e. The van der Waals surface area contributed by atoms with E-state index in [9.17, 15) is 0 Å². The second-order valence-electron chi connectivity index (χ2n) is 8.16. The second kappa shape index (κ2) is 9.64. The van der Waals surface area contributed by atoms with Gasteiger partial charge in [-0.3, -0.25) is 4.90 Å². The van der Waals surface area contributed by atoms with E-state index < -0.39 is 0 Å². The van der Waals surface area contributed by atoms with Gasteiger partial charge in [-0.2, -0.15) is 0 Å². The van der Waals surface area contributed by atoms with Gasteiger partial charge >= 0.3 is 0 Å². The molecular weight excluding hydrogens is 420 g/mol. The number of benzene rings is 2. The summed E-state index contributed by atoms with van der Waals surface area (Å²) in [5.74, 6) is 2.47. The molecule has 5 rings (SSSR count). The molecule has 8 nitrogen and oxygen atoms in total. The van der Waals surface area contributed by atoms with Crippen molar-refractivity contribution in [3.8, 4) is 23.1 Å². The Morgan fingerprint density at radius 3 is 2.79 bits per heavy atom. The molecule has 2 aromatic heterocycles. The summed E-state index contributed by atoms with van der Waals surface area (Å²) in [5.41, 5.74) is 2.87. The maximum atomic E-state index is 6.13. The van der Waals surface area contributed by atoms with Crippen LogP contribution in [0.5, 0.6) is 23.1 Å². The molecule has 0 aliphatic carbocycles. The van der Waals surface area contributed by atoms with Gasteiger partial charge < -0.3 is 23.9 Å². The highest BCUT2D eigenvalue weighted by molar-refractivity contribution is 5.87. The zero-order valence-electron chi connectivity index (χ0n) is 19.0.